The van der Waals surface area contributed by atoms with Gasteiger partial charge >= 0.3 is 0 Å². The van der Waals surface area contributed by atoms with Gasteiger partial charge in [-0.25, -0.2) is 13.2 Å². The first-order valence-electron chi connectivity index (χ1n) is 2.21. The Morgan fingerprint density at radius 3 is 1.88 bits per heavy atom. The Kier molecular flexibility index (Phi) is 4.13. The molecule has 0 saturated carbocycles. The molecule has 0 rings (SSSR count). The van der Waals surface area contributed by atoms with E-state index in [2.05, 4.69) is 12.6 Å². The molecule has 0 spiro atoms. The molecule has 0 fully saturated rings. The predicted molar refractivity (Wildman–Crippen MR) is 29.4 cm³/mol. The van der Waals surface area contributed by atoms with E-state index in [1.54, 1.807) is 0 Å². The Hall–Kier alpha value is 0.140. The highest BCUT2D eigenvalue weighted by Crippen LogP contribution is 2.09. The summed E-state index contributed by atoms with van der Waals surface area (Å²) in [7, 11) is 0. The Morgan fingerprint density at radius 2 is 1.75 bits per heavy atom. The first-order chi connectivity index (χ1) is 3.68. The van der Waals surface area contributed by atoms with Crippen LogP contribution in [-0.2, 0) is 0 Å². The molecule has 0 aromatic heterocycles. The number of halogens is 3. The van der Waals surface area contributed by atoms with Crippen LogP contribution in [0, 0.1) is 0 Å². The Labute approximate surface area is 51.5 Å². The lowest BCUT2D eigenvalue weighted by Crippen LogP contribution is -2.11. The van der Waals surface area contributed by atoms with Gasteiger partial charge in [0.2, 0.25) is 0 Å². The molecule has 1 atom stereocenters. The molecule has 1 unspecified atom stereocenters. The average Bonchev–Trinajstić information content (AvgIpc) is 1.67. The topological polar surface area (TPSA) is 0 Å². The van der Waals surface area contributed by atoms with E-state index >= 15 is 0 Å². The van der Waals surface area contributed by atoms with E-state index in [1.165, 1.54) is 0 Å². The molecule has 0 nitrogen and oxygen atoms in total. The largest absolute Gasteiger partial charge is 0.269 e. The lowest BCUT2D eigenvalue weighted by atomic mass is 10.3. The van der Waals surface area contributed by atoms with E-state index < -0.39 is 12.6 Å². The fraction of sp³-hybridized carbons (Fsp3) is 1.00. The maximum Gasteiger partial charge on any atom is 0.269 e. The molecular weight excluding hydrogens is 137 g/mol. The third-order valence-electron chi connectivity index (χ3n) is 0.678. The number of hydrogen-bond donors (Lipinski definition) is 1. The van der Waals surface area contributed by atoms with Crippen LogP contribution in [0.5, 0.6) is 0 Å². The van der Waals surface area contributed by atoms with Crippen LogP contribution in [0.1, 0.15) is 6.42 Å². The van der Waals surface area contributed by atoms with Crippen LogP contribution in [0.2, 0.25) is 0 Å². The molecule has 0 bridgehead atoms. The summed E-state index contributed by atoms with van der Waals surface area (Å²) in [6, 6.07) is 0. The molecule has 0 aliphatic heterocycles. The Balaban J connectivity index is 3.17. The molecule has 0 N–H and O–H groups in total. The van der Waals surface area contributed by atoms with Gasteiger partial charge in [0.15, 0.2) is 6.17 Å². The summed E-state index contributed by atoms with van der Waals surface area (Å²) in [4.78, 5) is 0. The van der Waals surface area contributed by atoms with Crippen molar-refractivity contribution in [2.45, 2.75) is 19.0 Å². The summed E-state index contributed by atoms with van der Waals surface area (Å²) < 4.78 is 34.1. The summed E-state index contributed by atoms with van der Waals surface area (Å²) in [5.41, 5.74) is 0. The Bertz CT molecular complexity index is 57.2. The molecule has 0 saturated heterocycles. The third kappa shape index (κ3) is 3.18. The molecule has 50 valence electrons. The predicted octanol–water partition coefficient (Wildman–Crippen LogP) is 1.91. The van der Waals surface area contributed by atoms with Crippen molar-refractivity contribution < 1.29 is 13.2 Å². The lowest BCUT2D eigenvalue weighted by molar-refractivity contribution is 0.0488. The van der Waals surface area contributed by atoms with Gasteiger partial charge in [-0.3, -0.25) is 0 Å². The van der Waals surface area contributed by atoms with Crippen molar-refractivity contribution >= 4 is 12.6 Å². The van der Waals surface area contributed by atoms with E-state index in [-0.39, 0.29) is 12.2 Å². The van der Waals surface area contributed by atoms with Gasteiger partial charge < -0.3 is 0 Å². The molecule has 0 aliphatic carbocycles. The van der Waals surface area contributed by atoms with Crippen molar-refractivity contribution in [1.82, 2.24) is 0 Å². The normalized spacial score (nSPS) is 14.6. The van der Waals surface area contributed by atoms with Crippen LogP contribution in [0.3, 0.4) is 0 Å². The van der Waals surface area contributed by atoms with Crippen molar-refractivity contribution in [3.05, 3.63) is 0 Å². The number of hydrogen-bond acceptors (Lipinski definition) is 1. The van der Waals surface area contributed by atoms with E-state index in [9.17, 15) is 13.2 Å². The molecule has 0 radical (unpaired) electrons. The van der Waals surface area contributed by atoms with Crippen LogP contribution in [0.4, 0.5) is 13.2 Å². The molecule has 8 heavy (non-hydrogen) atoms. The monoisotopic (exact) mass is 144 g/mol. The summed E-state index contributed by atoms with van der Waals surface area (Å²) >= 11 is 3.58. The third-order valence-corrected chi connectivity index (χ3v) is 0.936. The molecular formula is C4H7F3S. The standard InChI is InChI=1S/C4H7F3S/c5-3(1-2-8)4(6)7/h3-4,8H,1-2H2. The first kappa shape index (κ1) is 8.14. The second-order valence-electron chi connectivity index (χ2n) is 1.36. The average molecular weight is 144 g/mol. The number of alkyl halides is 3. The maximum absolute atomic E-state index is 11.7. The van der Waals surface area contributed by atoms with Crippen LogP contribution in [0.25, 0.3) is 0 Å². The van der Waals surface area contributed by atoms with Gasteiger partial charge in [0, 0.05) is 0 Å². The SMILES string of the molecule is FC(F)C(F)CCS. The van der Waals surface area contributed by atoms with E-state index in [1.807, 2.05) is 0 Å². The second kappa shape index (κ2) is 4.06. The summed E-state index contributed by atoms with van der Waals surface area (Å²) in [5.74, 6) is 0.172. The van der Waals surface area contributed by atoms with E-state index in [0.29, 0.717) is 0 Å². The van der Waals surface area contributed by atoms with Crippen LogP contribution < -0.4 is 0 Å². The van der Waals surface area contributed by atoms with Crippen molar-refractivity contribution in [3.63, 3.8) is 0 Å². The zero-order valence-electron chi connectivity index (χ0n) is 4.15. The van der Waals surface area contributed by atoms with Crippen LogP contribution >= 0.6 is 12.6 Å². The minimum Gasteiger partial charge on any atom is -0.241 e. The molecule has 4 heteroatoms. The summed E-state index contributed by atoms with van der Waals surface area (Å²) in [6.45, 7) is 0. The van der Waals surface area contributed by atoms with Crippen LogP contribution in [0.15, 0.2) is 0 Å². The highest BCUT2D eigenvalue weighted by molar-refractivity contribution is 7.80. The van der Waals surface area contributed by atoms with Gasteiger partial charge in [0.1, 0.15) is 0 Å². The minimum absolute atomic E-state index is 0.166. The highest BCUT2D eigenvalue weighted by Gasteiger charge is 2.16. The van der Waals surface area contributed by atoms with Gasteiger partial charge in [0.05, 0.1) is 0 Å². The van der Waals surface area contributed by atoms with Gasteiger partial charge in [-0.05, 0) is 12.2 Å². The second-order valence-corrected chi connectivity index (χ2v) is 1.81. The zero-order valence-corrected chi connectivity index (χ0v) is 5.04. The van der Waals surface area contributed by atoms with E-state index in [4.69, 9.17) is 0 Å². The van der Waals surface area contributed by atoms with Gasteiger partial charge in [-0.1, -0.05) is 0 Å². The van der Waals surface area contributed by atoms with Crippen LogP contribution in [-0.4, -0.2) is 18.3 Å². The van der Waals surface area contributed by atoms with Crippen molar-refractivity contribution in [2.24, 2.45) is 0 Å². The quantitative estimate of drug-likeness (QED) is 0.575. The molecule has 0 aliphatic rings. The van der Waals surface area contributed by atoms with Crippen molar-refractivity contribution in [2.75, 3.05) is 5.75 Å². The molecule has 0 aromatic carbocycles. The number of thiol groups is 1. The van der Waals surface area contributed by atoms with Crippen molar-refractivity contribution in [3.8, 4) is 0 Å². The van der Waals surface area contributed by atoms with Crippen molar-refractivity contribution in [1.29, 1.82) is 0 Å². The Morgan fingerprint density at radius 1 is 1.25 bits per heavy atom. The smallest absolute Gasteiger partial charge is 0.241 e. The zero-order chi connectivity index (χ0) is 6.57. The molecule has 0 amide bonds. The highest BCUT2D eigenvalue weighted by atomic mass is 32.1. The van der Waals surface area contributed by atoms with E-state index in [0.717, 1.165) is 0 Å². The maximum atomic E-state index is 11.7. The van der Waals surface area contributed by atoms with Gasteiger partial charge in [-0.15, -0.1) is 0 Å². The fourth-order valence-corrected chi connectivity index (χ4v) is 0.496. The fourth-order valence-electron chi connectivity index (χ4n) is 0.249. The minimum atomic E-state index is -2.85. The summed E-state index contributed by atoms with van der Waals surface area (Å²) in [6.07, 6.45) is -5.00. The lowest BCUT2D eigenvalue weighted by Gasteiger charge is -2.01. The van der Waals surface area contributed by atoms with Gasteiger partial charge in [0.25, 0.3) is 6.43 Å². The molecule has 0 heterocycles. The molecule has 0 aromatic rings. The summed E-state index contributed by atoms with van der Waals surface area (Å²) in [5, 5.41) is 0. The first-order valence-corrected chi connectivity index (χ1v) is 2.84. The number of rotatable bonds is 3. The van der Waals surface area contributed by atoms with Gasteiger partial charge in [-0.2, -0.15) is 12.6 Å².